The monoisotopic (exact) mass is 629 g/mol. The van der Waals surface area contributed by atoms with Gasteiger partial charge in [-0.25, -0.2) is 13.0 Å². The van der Waals surface area contributed by atoms with Gasteiger partial charge in [0.1, 0.15) is 18.4 Å². The number of hydrogen-bond donors (Lipinski definition) is 0. The van der Waals surface area contributed by atoms with Crippen molar-refractivity contribution in [3.05, 3.63) is 68.7 Å². The molecule has 3 aliphatic rings. The van der Waals surface area contributed by atoms with E-state index in [1.165, 1.54) is 11.3 Å². The van der Waals surface area contributed by atoms with E-state index in [-0.39, 0.29) is 17.2 Å². The molecule has 45 heavy (non-hydrogen) atoms. The van der Waals surface area contributed by atoms with Crippen LogP contribution in [0, 0.1) is 11.3 Å². The highest BCUT2D eigenvalue weighted by Crippen LogP contribution is 2.48. The zero-order valence-electron chi connectivity index (χ0n) is 28.3. The fourth-order valence-corrected chi connectivity index (χ4v) is 8.89. The standard InChI is InChI=1S/C37H47N3O4S/c1-10-25(41)13-12-14-40-33-17-31-28(15-26(33)23(3)19-35(40,4)5)30(21-38)29-16-27-24(22-45(42,43)44)20-36(6,7)39(11-2)34(27)18-32(29)37(31,8)9/h15-18,20,23H,10-14,19,22H2,1-9H3. The summed E-state index contributed by atoms with van der Waals surface area (Å²) in [6.45, 7) is 20.7. The highest BCUT2D eigenvalue weighted by Gasteiger charge is 2.42. The van der Waals surface area contributed by atoms with Gasteiger partial charge in [0.15, 0.2) is 5.54 Å². The van der Waals surface area contributed by atoms with E-state index in [1.807, 2.05) is 32.9 Å². The normalized spacial score (nSPS) is 20.8. The van der Waals surface area contributed by atoms with Crippen LogP contribution in [-0.4, -0.2) is 48.7 Å². The van der Waals surface area contributed by atoms with Crippen LogP contribution < -0.4 is 20.1 Å². The maximum Gasteiger partial charge on any atom is 0.208 e. The molecule has 7 nitrogen and oxygen atoms in total. The van der Waals surface area contributed by atoms with Crippen LogP contribution >= 0.6 is 0 Å². The van der Waals surface area contributed by atoms with Crippen LogP contribution in [0.3, 0.4) is 0 Å². The second-order valence-corrected chi connectivity index (χ2v) is 16.2. The maximum absolute atomic E-state index is 12.1. The van der Waals surface area contributed by atoms with Crippen LogP contribution in [0.2, 0.25) is 0 Å². The molecule has 1 aliphatic carbocycles. The molecular weight excluding hydrogens is 582 g/mol. The number of ketones is 1. The van der Waals surface area contributed by atoms with Crippen molar-refractivity contribution in [3.63, 3.8) is 0 Å². The first-order valence-electron chi connectivity index (χ1n) is 16.2. The SMILES string of the molecule is CCC(=O)CCCN1c2cc3c(cc2C(C)CC1(C)C)C(C#N)=c1cc2c(cc1C3(C)C)=[N+](CC)C(C)(C)C=C2CS(=O)(=O)[O-]. The second kappa shape index (κ2) is 11.2. The minimum atomic E-state index is -4.53. The summed E-state index contributed by atoms with van der Waals surface area (Å²) in [7, 11) is -4.53. The van der Waals surface area contributed by atoms with Crippen molar-refractivity contribution in [2.24, 2.45) is 0 Å². The van der Waals surface area contributed by atoms with Crippen LogP contribution in [-0.2, 0) is 20.3 Å². The lowest BCUT2D eigenvalue weighted by molar-refractivity contribution is -0.118. The van der Waals surface area contributed by atoms with Gasteiger partial charge in [-0.3, -0.25) is 4.79 Å². The van der Waals surface area contributed by atoms with E-state index in [2.05, 4.69) is 75.3 Å². The molecular formula is C37H47N3O4S. The third-order valence-electron chi connectivity index (χ3n) is 10.4. The van der Waals surface area contributed by atoms with Crippen molar-refractivity contribution in [1.29, 1.82) is 5.26 Å². The lowest BCUT2D eigenvalue weighted by atomic mass is 9.67. The molecule has 2 aliphatic heterocycles. The molecule has 0 spiro atoms. The fraction of sp³-hybridized carbons (Fsp3) is 0.541. The van der Waals surface area contributed by atoms with Crippen LogP contribution in [0.4, 0.5) is 5.69 Å². The summed E-state index contributed by atoms with van der Waals surface area (Å²) in [5, 5.41) is 12.4. The van der Waals surface area contributed by atoms with Gasteiger partial charge >= 0.3 is 0 Å². The van der Waals surface area contributed by atoms with E-state index in [9.17, 15) is 23.0 Å². The number of rotatable bonds is 8. The van der Waals surface area contributed by atoms with Crippen LogP contribution in [0.1, 0.15) is 122 Å². The Balaban J connectivity index is 1.80. The molecule has 8 heteroatoms. The molecule has 5 rings (SSSR count). The number of nitrogens with zero attached hydrogens (tertiary/aromatic N) is 3. The number of likely N-dealkylation sites (N-methyl/N-ethyl adjacent to an activating group) is 1. The van der Waals surface area contributed by atoms with Crippen LogP contribution in [0.5, 0.6) is 0 Å². The summed E-state index contributed by atoms with van der Waals surface area (Å²) in [5.74, 6) is -0.0328. The molecule has 0 radical (unpaired) electrons. The summed E-state index contributed by atoms with van der Waals surface area (Å²) in [4.78, 5) is 14.6. The first-order chi connectivity index (χ1) is 20.9. The Morgan fingerprint density at radius 3 is 2.36 bits per heavy atom. The van der Waals surface area contributed by atoms with Gasteiger partial charge in [-0.1, -0.05) is 27.7 Å². The van der Waals surface area contributed by atoms with Gasteiger partial charge in [0, 0.05) is 55.9 Å². The molecule has 1 unspecified atom stereocenters. The topological polar surface area (TPSA) is 104 Å². The highest BCUT2D eigenvalue weighted by molar-refractivity contribution is 7.86. The number of carbonyl (C=O) groups is 1. The summed E-state index contributed by atoms with van der Waals surface area (Å²) >= 11 is 0. The van der Waals surface area contributed by atoms with Crippen molar-refractivity contribution < 1.29 is 17.8 Å². The number of carbonyl (C=O) groups excluding carboxylic acids is 1. The van der Waals surface area contributed by atoms with Gasteiger partial charge in [0.05, 0.1) is 27.0 Å². The molecule has 0 bridgehead atoms. The van der Waals surface area contributed by atoms with E-state index < -0.39 is 26.8 Å². The third kappa shape index (κ3) is 5.67. The Hall–Kier alpha value is -3.28. The zero-order chi connectivity index (χ0) is 33.3. The van der Waals surface area contributed by atoms with Crippen LogP contribution in [0.15, 0.2) is 30.3 Å². The molecule has 1 atom stereocenters. The predicted octanol–water partition coefficient (Wildman–Crippen LogP) is 5.13. The maximum atomic E-state index is 12.1. The third-order valence-corrected chi connectivity index (χ3v) is 11.1. The first kappa shape index (κ1) is 33.1. The summed E-state index contributed by atoms with van der Waals surface area (Å²) in [6.07, 6.45) is 4.77. The van der Waals surface area contributed by atoms with Crippen molar-refractivity contribution in [2.45, 2.75) is 110 Å². The molecule has 0 N–H and O–H groups in total. The van der Waals surface area contributed by atoms with E-state index in [0.717, 1.165) is 46.7 Å². The van der Waals surface area contributed by atoms with Crippen molar-refractivity contribution in [1.82, 2.24) is 4.58 Å². The van der Waals surface area contributed by atoms with Crippen molar-refractivity contribution in [3.8, 4) is 6.07 Å². The highest BCUT2D eigenvalue weighted by atomic mass is 32.2. The lowest BCUT2D eigenvalue weighted by Crippen LogP contribution is -2.51. The Morgan fingerprint density at radius 1 is 1.07 bits per heavy atom. The molecule has 0 saturated heterocycles. The molecule has 240 valence electrons. The van der Waals surface area contributed by atoms with Gasteiger partial charge in [-0.05, 0) is 96.9 Å². The number of hydrogen-bond acceptors (Lipinski definition) is 6. The molecule has 0 saturated carbocycles. The molecule has 2 aromatic carbocycles. The van der Waals surface area contributed by atoms with Gasteiger partial charge in [0.2, 0.25) is 5.36 Å². The number of anilines is 1. The van der Waals surface area contributed by atoms with Gasteiger partial charge < -0.3 is 9.45 Å². The number of Topliss-reactive ketones (excluding diaryl/α,β-unsaturated/α-hetero) is 1. The second-order valence-electron chi connectivity index (χ2n) is 14.8. The summed E-state index contributed by atoms with van der Waals surface area (Å²) in [6, 6.07) is 11.1. The largest absolute Gasteiger partial charge is 0.748 e. The van der Waals surface area contributed by atoms with E-state index >= 15 is 0 Å². The fourth-order valence-electron chi connectivity index (χ4n) is 8.27. The number of benzene rings is 2. The smallest absolute Gasteiger partial charge is 0.208 e. The Kier molecular flexibility index (Phi) is 8.24. The Morgan fingerprint density at radius 2 is 1.76 bits per heavy atom. The zero-order valence-corrected chi connectivity index (χ0v) is 29.1. The molecule has 0 fully saturated rings. The van der Waals surface area contributed by atoms with Gasteiger partial charge in [-0.2, -0.15) is 5.26 Å². The first-order valence-corrected chi connectivity index (χ1v) is 17.8. The number of nitriles is 1. The van der Waals surface area contributed by atoms with Crippen LogP contribution in [0.25, 0.3) is 11.1 Å². The molecule has 0 amide bonds. The molecule has 2 heterocycles. The lowest BCUT2D eigenvalue weighted by Gasteiger charge is -2.49. The van der Waals surface area contributed by atoms with E-state index in [4.69, 9.17) is 0 Å². The minimum absolute atomic E-state index is 0.0919. The van der Waals surface area contributed by atoms with E-state index in [1.54, 1.807) is 0 Å². The average Bonchev–Trinajstić information content (AvgIpc) is 2.92. The minimum Gasteiger partial charge on any atom is -0.748 e. The number of fused-ring (bicyclic) bond motifs is 4. The molecule has 2 aromatic rings. The van der Waals surface area contributed by atoms with Crippen molar-refractivity contribution in [2.75, 3.05) is 23.7 Å². The quantitative estimate of drug-likeness (QED) is 0.296. The van der Waals surface area contributed by atoms with E-state index in [0.29, 0.717) is 36.1 Å². The Bertz CT molecular complexity index is 1910. The van der Waals surface area contributed by atoms with Crippen molar-refractivity contribution >= 4 is 32.7 Å². The molecule has 0 aromatic heterocycles. The summed E-state index contributed by atoms with van der Waals surface area (Å²) in [5.41, 5.74) is 6.06. The van der Waals surface area contributed by atoms with Gasteiger partial charge in [0.25, 0.3) is 0 Å². The summed E-state index contributed by atoms with van der Waals surface area (Å²) < 4.78 is 38.3. The van der Waals surface area contributed by atoms with Gasteiger partial charge in [-0.15, -0.1) is 0 Å². The Labute approximate surface area is 268 Å². The average molecular weight is 630 g/mol. The predicted molar refractivity (Wildman–Crippen MR) is 180 cm³/mol.